The summed E-state index contributed by atoms with van der Waals surface area (Å²) >= 11 is 0. The first kappa shape index (κ1) is 14.2. The Morgan fingerprint density at radius 3 is 2.57 bits per heavy atom. The minimum Gasteiger partial charge on any atom is -0.395 e. The predicted molar refractivity (Wildman–Crippen MR) is 70.9 cm³/mol. The highest BCUT2D eigenvalue weighted by Crippen LogP contribution is 2.41. The van der Waals surface area contributed by atoms with Crippen LogP contribution in [0.1, 0.15) is 10.4 Å². The fraction of sp³-hybridized carbons (Fsp3) is 0.500. The number of carbonyl (C=O) groups is 1. The predicted octanol–water partition coefficient (Wildman–Crippen LogP) is 1.44. The maximum absolute atomic E-state index is 12.9. The van der Waals surface area contributed by atoms with E-state index in [0.29, 0.717) is 5.56 Å². The van der Waals surface area contributed by atoms with Crippen molar-refractivity contribution >= 4 is 5.78 Å². The van der Waals surface area contributed by atoms with Gasteiger partial charge in [0.1, 0.15) is 0 Å². The van der Waals surface area contributed by atoms with Crippen LogP contribution in [0.2, 0.25) is 0 Å². The minimum atomic E-state index is -3.65. The third-order valence-corrected chi connectivity index (χ3v) is 3.69. The van der Waals surface area contributed by atoms with Crippen molar-refractivity contribution in [3.05, 3.63) is 23.8 Å². The number of hydrogen-bond acceptors (Lipinski definition) is 5. The van der Waals surface area contributed by atoms with Gasteiger partial charge in [0.25, 0.3) is 0 Å². The molecule has 0 unspecified atom stereocenters. The van der Waals surface area contributed by atoms with Crippen LogP contribution < -0.4 is 9.47 Å². The van der Waals surface area contributed by atoms with Crippen LogP contribution in [0.15, 0.2) is 18.2 Å². The molecule has 0 saturated carbocycles. The molecule has 1 aromatic carbocycles. The number of hydrogen-bond donors (Lipinski definition) is 0. The smallest absolute Gasteiger partial charge is 0.395 e. The second-order valence-corrected chi connectivity index (χ2v) is 5.33. The van der Waals surface area contributed by atoms with Crippen LogP contribution >= 0.6 is 0 Å². The number of nitrogens with zero attached hydrogens (tertiary/aromatic N) is 2. The van der Waals surface area contributed by atoms with Crippen LogP contribution in [-0.2, 0) is 0 Å². The molecule has 3 rings (SSSR count). The van der Waals surface area contributed by atoms with E-state index < -0.39 is 6.29 Å². The van der Waals surface area contributed by atoms with Gasteiger partial charge >= 0.3 is 6.29 Å². The van der Waals surface area contributed by atoms with Gasteiger partial charge in [0.05, 0.1) is 6.54 Å². The van der Waals surface area contributed by atoms with Gasteiger partial charge in [-0.05, 0) is 25.2 Å². The molecule has 0 spiro atoms. The zero-order chi connectivity index (χ0) is 15.0. The van der Waals surface area contributed by atoms with Gasteiger partial charge in [-0.15, -0.1) is 8.78 Å². The first-order valence-corrected chi connectivity index (χ1v) is 6.77. The van der Waals surface area contributed by atoms with E-state index in [1.807, 2.05) is 7.05 Å². The highest BCUT2D eigenvalue weighted by Gasteiger charge is 2.43. The molecular formula is C14H16F2N2O3. The molecule has 2 aliphatic rings. The summed E-state index contributed by atoms with van der Waals surface area (Å²) in [7, 11) is 2.04. The monoisotopic (exact) mass is 298 g/mol. The molecule has 2 heterocycles. The van der Waals surface area contributed by atoms with Crippen molar-refractivity contribution in [2.45, 2.75) is 6.29 Å². The lowest BCUT2D eigenvalue weighted by Gasteiger charge is -2.31. The lowest BCUT2D eigenvalue weighted by Crippen LogP contribution is -2.46. The van der Waals surface area contributed by atoms with E-state index in [9.17, 15) is 13.6 Å². The molecule has 1 aromatic rings. The molecular weight excluding hydrogens is 282 g/mol. The summed E-state index contributed by atoms with van der Waals surface area (Å²) in [6, 6.07) is 4.14. The van der Waals surface area contributed by atoms with Gasteiger partial charge in [-0.3, -0.25) is 9.69 Å². The number of piperazine rings is 1. The van der Waals surface area contributed by atoms with Gasteiger partial charge in [-0.2, -0.15) is 0 Å². The number of alkyl halides is 2. The average Bonchev–Trinajstić information content (AvgIpc) is 2.74. The van der Waals surface area contributed by atoms with E-state index in [4.69, 9.17) is 0 Å². The van der Waals surface area contributed by atoms with Gasteiger partial charge in [-0.1, -0.05) is 0 Å². The van der Waals surface area contributed by atoms with E-state index in [1.54, 1.807) is 0 Å². The third kappa shape index (κ3) is 3.14. The summed E-state index contributed by atoms with van der Waals surface area (Å²) in [6.07, 6.45) is -3.65. The number of halogens is 2. The fourth-order valence-electron chi connectivity index (χ4n) is 2.42. The van der Waals surface area contributed by atoms with Crippen molar-refractivity contribution < 1.29 is 23.0 Å². The van der Waals surface area contributed by atoms with Crippen LogP contribution in [0.5, 0.6) is 11.5 Å². The molecule has 5 nitrogen and oxygen atoms in total. The summed E-state index contributed by atoms with van der Waals surface area (Å²) < 4.78 is 34.5. The molecule has 7 heteroatoms. The molecule has 0 aromatic heterocycles. The molecule has 1 fully saturated rings. The van der Waals surface area contributed by atoms with Crippen LogP contribution in [0.4, 0.5) is 8.78 Å². The van der Waals surface area contributed by atoms with E-state index in [1.165, 1.54) is 18.2 Å². The van der Waals surface area contributed by atoms with Crippen molar-refractivity contribution in [3.8, 4) is 11.5 Å². The van der Waals surface area contributed by atoms with Crippen LogP contribution in [0.3, 0.4) is 0 Å². The molecule has 1 saturated heterocycles. The molecule has 0 N–H and O–H groups in total. The molecule has 0 amide bonds. The fourth-order valence-corrected chi connectivity index (χ4v) is 2.42. The van der Waals surface area contributed by atoms with E-state index in [0.717, 1.165) is 26.2 Å². The van der Waals surface area contributed by atoms with Crippen molar-refractivity contribution in [2.24, 2.45) is 0 Å². The zero-order valence-corrected chi connectivity index (χ0v) is 11.6. The van der Waals surface area contributed by atoms with Gasteiger partial charge in [0, 0.05) is 31.7 Å². The Morgan fingerprint density at radius 2 is 1.86 bits per heavy atom. The third-order valence-electron chi connectivity index (χ3n) is 3.69. The van der Waals surface area contributed by atoms with Crippen molar-refractivity contribution in [1.29, 1.82) is 0 Å². The van der Waals surface area contributed by atoms with E-state index in [-0.39, 0.29) is 23.8 Å². The lowest BCUT2D eigenvalue weighted by molar-refractivity contribution is -0.286. The number of ketones is 1. The van der Waals surface area contributed by atoms with Crippen LogP contribution in [0, 0.1) is 0 Å². The second-order valence-electron chi connectivity index (χ2n) is 5.33. The van der Waals surface area contributed by atoms with E-state index >= 15 is 0 Å². The van der Waals surface area contributed by atoms with Gasteiger partial charge in [-0.25, -0.2) is 0 Å². The molecule has 114 valence electrons. The maximum atomic E-state index is 12.9. The van der Waals surface area contributed by atoms with Crippen molar-refractivity contribution in [2.75, 3.05) is 39.8 Å². The number of likely N-dealkylation sites (N-methyl/N-ethyl adjacent to an activating group) is 1. The summed E-state index contributed by atoms with van der Waals surface area (Å²) in [5, 5.41) is 0. The lowest BCUT2D eigenvalue weighted by atomic mass is 10.1. The van der Waals surface area contributed by atoms with Crippen molar-refractivity contribution in [1.82, 2.24) is 9.80 Å². The highest BCUT2D eigenvalue weighted by atomic mass is 19.3. The Kier molecular flexibility index (Phi) is 3.54. The number of carbonyl (C=O) groups excluding carboxylic acids is 1. The number of fused-ring (bicyclic) bond motifs is 1. The Hall–Kier alpha value is -1.73. The Labute approximate surface area is 121 Å². The van der Waals surface area contributed by atoms with Crippen molar-refractivity contribution in [3.63, 3.8) is 0 Å². The number of ether oxygens (including phenoxy) is 2. The SMILES string of the molecule is CN1CCN(CC(=O)c2ccc3c(c2)OC(F)(F)O3)CC1. The number of benzene rings is 1. The first-order valence-electron chi connectivity index (χ1n) is 6.77. The summed E-state index contributed by atoms with van der Waals surface area (Å²) in [6.45, 7) is 3.76. The molecule has 0 bridgehead atoms. The number of rotatable bonds is 3. The topological polar surface area (TPSA) is 42.0 Å². The summed E-state index contributed by atoms with van der Waals surface area (Å²) in [5.41, 5.74) is 0.356. The molecule has 0 aliphatic carbocycles. The Balaban J connectivity index is 1.66. The largest absolute Gasteiger partial charge is 0.586 e. The molecule has 0 atom stereocenters. The van der Waals surface area contributed by atoms with Crippen LogP contribution in [0.25, 0.3) is 0 Å². The average molecular weight is 298 g/mol. The Morgan fingerprint density at radius 1 is 1.19 bits per heavy atom. The van der Waals surface area contributed by atoms with Gasteiger partial charge in [0.2, 0.25) is 0 Å². The normalized spacial score (nSPS) is 21.5. The maximum Gasteiger partial charge on any atom is 0.586 e. The Bertz CT molecular complexity index is 557. The highest BCUT2D eigenvalue weighted by molar-refractivity contribution is 5.98. The molecule has 21 heavy (non-hydrogen) atoms. The first-order chi connectivity index (χ1) is 9.93. The molecule has 0 radical (unpaired) electrons. The molecule has 2 aliphatic heterocycles. The zero-order valence-electron chi connectivity index (χ0n) is 11.6. The van der Waals surface area contributed by atoms with E-state index in [2.05, 4.69) is 19.3 Å². The summed E-state index contributed by atoms with van der Waals surface area (Å²) in [5.74, 6) is -0.249. The summed E-state index contributed by atoms with van der Waals surface area (Å²) in [4.78, 5) is 16.5. The van der Waals surface area contributed by atoms with Gasteiger partial charge in [0.15, 0.2) is 17.3 Å². The quantitative estimate of drug-likeness (QED) is 0.790. The standard InChI is InChI=1S/C14H16F2N2O3/c1-17-4-6-18(7-5-17)9-11(19)10-2-3-12-13(8-10)21-14(15,16)20-12/h2-3,8H,4-7,9H2,1H3. The number of Topliss-reactive ketones (excluding diaryl/α,β-unsaturated/α-hetero) is 1. The minimum absolute atomic E-state index is 0.0452. The second kappa shape index (κ2) is 5.23. The van der Waals surface area contributed by atoms with Crippen LogP contribution in [-0.4, -0.2) is 61.6 Å². The van der Waals surface area contributed by atoms with Gasteiger partial charge < -0.3 is 14.4 Å².